The summed E-state index contributed by atoms with van der Waals surface area (Å²) in [7, 11) is 0. The van der Waals surface area contributed by atoms with Crippen LogP contribution in [0, 0.1) is 0 Å². The molecule has 0 spiro atoms. The Bertz CT molecular complexity index is 395. The van der Waals surface area contributed by atoms with E-state index in [-0.39, 0.29) is 0 Å². The van der Waals surface area contributed by atoms with Crippen LogP contribution >= 0.6 is 35.0 Å². The van der Waals surface area contributed by atoms with Gasteiger partial charge in [-0.05, 0) is 44.0 Å². The Balaban J connectivity index is 1.98. The van der Waals surface area contributed by atoms with Gasteiger partial charge in [0.1, 0.15) is 0 Å². The van der Waals surface area contributed by atoms with E-state index < -0.39 is 0 Å². The minimum Gasteiger partial charge on any atom is -0.314 e. The first-order valence-electron chi connectivity index (χ1n) is 6.54. The first-order chi connectivity index (χ1) is 8.69. The molecule has 1 aromatic carbocycles. The molecule has 0 radical (unpaired) electrons. The van der Waals surface area contributed by atoms with Crippen molar-refractivity contribution in [1.82, 2.24) is 5.32 Å². The summed E-state index contributed by atoms with van der Waals surface area (Å²) in [6, 6.07) is 6.37. The Labute approximate surface area is 124 Å². The van der Waals surface area contributed by atoms with Gasteiger partial charge < -0.3 is 5.32 Å². The number of rotatable bonds is 4. The van der Waals surface area contributed by atoms with Gasteiger partial charge in [0.2, 0.25) is 0 Å². The maximum Gasteiger partial charge on any atom is 0.0542 e. The van der Waals surface area contributed by atoms with E-state index in [1.807, 2.05) is 30.0 Å². The zero-order chi connectivity index (χ0) is 13.0. The molecule has 0 saturated heterocycles. The lowest BCUT2D eigenvalue weighted by molar-refractivity contribution is 0.388. The average molecular weight is 304 g/mol. The van der Waals surface area contributed by atoms with Crippen LogP contribution in [-0.2, 0) is 0 Å². The monoisotopic (exact) mass is 303 g/mol. The predicted octanol–water partition coefficient (Wildman–Crippen LogP) is 5.01. The number of nitrogens with one attached hydrogen (secondary N) is 1. The number of halogens is 2. The summed E-state index contributed by atoms with van der Waals surface area (Å²) in [6.07, 6.45) is 5.10. The van der Waals surface area contributed by atoms with Crippen LogP contribution in [0.1, 0.15) is 32.6 Å². The Kier molecular flexibility index (Phi) is 5.68. The van der Waals surface area contributed by atoms with Crippen LogP contribution in [0.4, 0.5) is 0 Å². The summed E-state index contributed by atoms with van der Waals surface area (Å²) in [4.78, 5) is 1.12. The second-order valence-corrected chi connectivity index (χ2v) is 6.92. The van der Waals surface area contributed by atoms with Crippen LogP contribution in [0.25, 0.3) is 0 Å². The van der Waals surface area contributed by atoms with Crippen molar-refractivity contribution in [1.29, 1.82) is 0 Å². The van der Waals surface area contributed by atoms with Gasteiger partial charge in [-0.3, -0.25) is 0 Å². The third kappa shape index (κ3) is 4.06. The number of hydrogen-bond acceptors (Lipinski definition) is 2. The summed E-state index contributed by atoms with van der Waals surface area (Å²) in [5.74, 6) is 0. The third-order valence-electron chi connectivity index (χ3n) is 3.31. The molecule has 0 heterocycles. The van der Waals surface area contributed by atoms with Crippen molar-refractivity contribution >= 4 is 35.0 Å². The van der Waals surface area contributed by atoms with Gasteiger partial charge in [0.05, 0.1) is 5.02 Å². The van der Waals surface area contributed by atoms with E-state index in [4.69, 9.17) is 23.2 Å². The summed E-state index contributed by atoms with van der Waals surface area (Å²) in [5.41, 5.74) is 0. The lowest BCUT2D eigenvalue weighted by Crippen LogP contribution is -2.34. The molecule has 2 rings (SSSR count). The normalized spacial score (nSPS) is 24.2. The molecule has 1 aromatic rings. The zero-order valence-electron chi connectivity index (χ0n) is 10.6. The van der Waals surface area contributed by atoms with Gasteiger partial charge in [0.25, 0.3) is 0 Å². The smallest absolute Gasteiger partial charge is 0.0542 e. The Morgan fingerprint density at radius 3 is 2.94 bits per heavy atom. The second-order valence-electron chi connectivity index (χ2n) is 4.74. The topological polar surface area (TPSA) is 12.0 Å². The van der Waals surface area contributed by atoms with Crippen molar-refractivity contribution in [2.24, 2.45) is 0 Å². The van der Waals surface area contributed by atoms with Crippen LogP contribution in [0.5, 0.6) is 0 Å². The highest BCUT2D eigenvalue weighted by atomic mass is 35.5. The number of benzene rings is 1. The minimum absolute atomic E-state index is 0.652. The van der Waals surface area contributed by atoms with Gasteiger partial charge in [0, 0.05) is 21.2 Å². The number of thioether (sulfide) groups is 1. The third-order valence-corrected chi connectivity index (χ3v) is 5.34. The molecule has 100 valence electrons. The Hall–Kier alpha value is 0.110. The highest BCUT2D eigenvalue weighted by Crippen LogP contribution is 2.38. The summed E-state index contributed by atoms with van der Waals surface area (Å²) in [5, 5.41) is 5.79. The largest absolute Gasteiger partial charge is 0.314 e. The van der Waals surface area contributed by atoms with E-state index >= 15 is 0 Å². The Morgan fingerprint density at radius 1 is 1.33 bits per heavy atom. The standard InChI is InChI=1S/C14H19Cl2NS/c1-2-17-11-4-3-5-12(9-11)18-14-8-10(15)6-7-13(14)16/h6-8,11-12,17H,2-5,9H2,1H3. The molecule has 2 atom stereocenters. The van der Waals surface area contributed by atoms with E-state index in [1.165, 1.54) is 25.7 Å². The highest BCUT2D eigenvalue weighted by Gasteiger charge is 2.22. The molecular formula is C14H19Cl2NS. The van der Waals surface area contributed by atoms with Crippen molar-refractivity contribution in [3.05, 3.63) is 28.2 Å². The van der Waals surface area contributed by atoms with Crippen molar-refractivity contribution in [3.8, 4) is 0 Å². The van der Waals surface area contributed by atoms with Gasteiger partial charge in [0.15, 0.2) is 0 Å². The van der Waals surface area contributed by atoms with Crippen molar-refractivity contribution < 1.29 is 0 Å². The van der Waals surface area contributed by atoms with Crippen LogP contribution in [-0.4, -0.2) is 17.8 Å². The molecule has 1 aliphatic carbocycles. The van der Waals surface area contributed by atoms with E-state index in [0.29, 0.717) is 11.3 Å². The molecule has 1 saturated carbocycles. The average Bonchev–Trinajstić information content (AvgIpc) is 2.35. The van der Waals surface area contributed by atoms with Crippen molar-refractivity contribution in [2.45, 2.75) is 48.8 Å². The van der Waals surface area contributed by atoms with E-state index in [0.717, 1.165) is 21.5 Å². The lowest BCUT2D eigenvalue weighted by Gasteiger charge is -2.29. The van der Waals surface area contributed by atoms with Crippen molar-refractivity contribution in [3.63, 3.8) is 0 Å². The Morgan fingerprint density at radius 2 is 2.17 bits per heavy atom. The van der Waals surface area contributed by atoms with E-state index in [9.17, 15) is 0 Å². The van der Waals surface area contributed by atoms with E-state index in [2.05, 4.69) is 12.2 Å². The quantitative estimate of drug-likeness (QED) is 0.839. The summed E-state index contributed by atoms with van der Waals surface area (Å²) in [6.45, 7) is 3.23. The molecule has 18 heavy (non-hydrogen) atoms. The molecule has 1 fully saturated rings. The van der Waals surface area contributed by atoms with Gasteiger partial charge in [-0.1, -0.05) is 36.5 Å². The number of hydrogen-bond donors (Lipinski definition) is 1. The second kappa shape index (κ2) is 7.04. The maximum atomic E-state index is 6.22. The molecule has 1 N–H and O–H groups in total. The fourth-order valence-corrected chi connectivity index (χ4v) is 4.31. The highest BCUT2D eigenvalue weighted by molar-refractivity contribution is 8.00. The fourth-order valence-electron chi connectivity index (χ4n) is 2.47. The lowest BCUT2D eigenvalue weighted by atomic mass is 9.95. The minimum atomic E-state index is 0.652. The van der Waals surface area contributed by atoms with Gasteiger partial charge >= 0.3 is 0 Å². The van der Waals surface area contributed by atoms with Gasteiger partial charge in [-0.25, -0.2) is 0 Å². The fraction of sp³-hybridized carbons (Fsp3) is 0.571. The molecular weight excluding hydrogens is 285 g/mol. The molecule has 1 nitrogen and oxygen atoms in total. The first-order valence-corrected chi connectivity index (χ1v) is 8.17. The molecule has 0 bridgehead atoms. The molecule has 2 unspecified atom stereocenters. The van der Waals surface area contributed by atoms with Crippen LogP contribution < -0.4 is 5.32 Å². The molecule has 1 aliphatic rings. The van der Waals surface area contributed by atoms with Gasteiger partial charge in [-0.2, -0.15) is 0 Å². The molecule has 4 heteroatoms. The van der Waals surface area contributed by atoms with Gasteiger partial charge in [-0.15, -0.1) is 11.8 Å². The van der Waals surface area contributed by atoms with Crippen molar-refractivity contribution in [2.75, 3.05) is 6.54 Å². The first kappa shape index (κ1) is 14.5. The van der Waals surface area contributed by atoms with Crippen LogP contribution in [0.3, 0.4) is 0 Å². The van der Waals surface area contributed by atoms with Crippen LogP contribution in [0.2, 0.25) is 10.0 Å². The molecule has 0 amide bonds. The van der Waals surface area contributed by atoms with E-state index in [1.54, 1.807) is 0 Å². The summed E-state index contributed by atoms with van der Waals surface area (Å²) < 4.78 is 0. The zero-order valence-corrected chi connectivity index (χ0v) is 12.9. The predicted molar refractivity (Wildman–Crippen MR) is 82.0 cm³/mol. The summed E-state index contributed by atoms with van der Waals surface area (Å²) >= 11 is 14.1. The molecule has 0 aromatic heterocycles. The molecule has 0 aliphatic heterocycles. The van der Waals surface area contributed by atoms with Crippen LogP contribution in [0.15, 0.2) is 23.1 Å². The SMILES string of the molecule is CCNC1CCCC(Sc2cc(Cl)ccc2Cl)C1. The maximum absolute atomic E-state index is 6.22.